The van der Waals surface area contributed by atoms with E-state index in [1.54, 1.807) is 12.1 Å². The molecule has 2 aromatic carbocycles. The quantitative estimate of drug-likeness (QED) is 0.606. The molecule has 1 heterocycles. The zero-order valence-electron chi connectivity index (χ0n) is 11.1. The highest BCUT2D eigenvalue weighted by Gasteiger charge is 2.38. The van der Waals surface area contributed by atoms with Gasteiger partial charge >= 0.3 is 0 Å². The number of benzene rings is 2. The van der Waals surface area contributed by atoms with Crippen molar-refractivity contribution in [2.24, 2.45) is 0 Å². The second-order valence-corrected chi connectivity index (χ2v) is 6.19. The van der Waals surface area contributed by atoms with Crippen LogP contribution in [0.3, 0.4) is 0 Å². The van der Waals surface area contributed by atoms with Gasteiger partial charge in [0.1, 0.15) is 5.82 Å². The van der Waals surface area contributed by atoms with Crippen molar-refractivity contribution in [1.29, 1.82) is 0 Å². The minimum atomic E-state index is -0.668. The van der Waals surface area contributed by atoms with Gasteiger partial charge in [-0.15, -0.1) is 0 Å². The standard InChI is InChI=1S/C16H11BrFNO2/c1-9(17)10-5-7-11(8-6-10)19-15(20)12-3-2-4-13(18)14(12)16(19)21/h2-9H,1H3. The summed E-state index contributed by atoms with van der Waals surface area (Å²) >= 11 is 3.45. The van der Waals surface area contributed by atoms with Crippen molar-refractivity contribution in [3.8, 4) is 0 Å². The third-order valence-electron chi connectivity index (χ3n) is 3.47. The molecule has 3 rings (SSSR count). The van der Waals surface area contributed by atoms with Crippen LogP contribution in [-0.2, 0) is 0 Å². The fourth-order valence-electron chi connectivity index (χ4n) is 2.37. The molecule has 1 aliphatic rings. The lowest BCUT2D eigenvalue weighted by Gasteiger charge is -2.14. The number of carbonyl (C=O) groups is 2. The van der Waals surface area contributed by atoms with Crippen molar-refractivity contribution in [3.05, 3.63) is 65.0 Å². The Bertz CT molecular complexity index is 740. The van der Waals surface area contributed by atoms with Crippen LogP contribution in [0.25, 0.3) is 0 Å². The lowest BCUT2D eigenvalue weighted by Crippen LogP contribution is -2.29. The summed E-state index contributed by atoms with van der Waals surface area (Å²) in [6.07, 6.45) is 0. The summed E-state index contributed by atoms with van der Waals surface area (Å²) in [5.74, 6) is -1.78. The normalized spacial score (nSPS) is 15.3. The predicted octanol–water partition coefficient (Wildman–Crippen LogP) is 4.08. The van der Waals surface area contributed by atoms with Crippen molar-refractivity contribution < 1.29 is 14.0 Å². The number of hydrogen-bond acceptors (Lipinski definition) is 2. The fraction of sp³-hybridized carbons (Fsp3) is 0.125. The second kappa shape index (κ2) is 5.07. The monoisotopic (exact) mass is 347 g/mol. The molecule has 0 saturated heterocycles. The third-order valence-corrected chi connectivity index (χ3v) is 4.00. The minimum absolute atomic E-state index is 0.109. The van der Waals surface area contributed by atoms with Crippen molar-refractivity contribution in [3.63, 3.8) is 0 Å². The number of rotatable bonds is 2. The first-order chi connectivity index (χ1) is 10.0. The molecule has 0 radical (unpaired) electrons. The van der Waals surface area contributed by atoms with E-state index in [4.69, 9.17) is 0 Å². The Balaban J connectivity index is 2.04. The molecular weight excluding hydrogens is 337 g/mol. The molecule has 1 unspecified atom stereocenters. The Morgan fingerprint density at radius 3 is 2.29 bits per heavy atom. The molecule has 0 saturated carbocycles. The number of amides is 2. The lowest BCUT2D eigenvalue weighted by atomic mass is 10.1. The number of imide groups is 1. The number of fused-ring (bicyclic) bond motifs is 1. The van der Waals surface area contributed by atoms with Crippen LogP contribution in [0.5, 0.6) is 0 Å². The van der Waals surface area contributed by atoms with Gasteiger partial charge in [0.05, 0.1) is 16.8 Å². The van der Waals surface area contributed by atoms with Gasteiger partial charge in [0, 0.05) is 4.83 Å². The van der Waals surface area contributed by atoms with E-state index in [2.05, 4.69) is 15.9 Å². The summed E-state index contributed by atoms with van der Waals surface area (Å²) in [7, 11) is 0. The van der Waals surface area contributed by atoms with E-state index in [0.717, 1.165) is 10.5 Å². The van der Waals surface area contributed by atoms with Crippen LogP contribution < -0.4 is 4.90 Å². The van der Waals surface area contributed by atoms with E-state index in [1.165, 1.54) is 18.2 Å². The summed E-state index contributed by atoms with van der Waals surface area (Å²) in [4.78, 5) is 25.8. The fourth-order valence-corrected chi connectivity index (χ4v) is 2.67. The topological polar surface area (TPSA) is 37.4 Å². The van der Waals surface area contributed by atoms with Crippen LogP contribution in [0, 0.1) is 5.82 Å². The third kappa shape index (κ3) is 2.17. The van der Waals surface area contributed by atoms with Crippen LogP contribution in [0.4, 0.5) is 10.1 Å². The van der Waals surface area contributed by atoms with Crippen LogP contribution in [0.2, 0.25) is 0 Å². The van der Waals surface area contributed by atoms with E-state index < -0.39 is 17.6 Å². The molecule has 106 valence electrons. The highest BCUT2D eigenvalue weighted by Crippen LogP contribution is 2.31. The number of halogens is 2. The molecule has 1 atom stereocenters. The first kappa shape index (κ1) is 13.9. The molecule has 21 heavy (non-hydrogen) atoms. The maximum atomic E-state index is 13.8. The molecule has 0 spiro atoms. The Morgan fingerprint density at radius 1 is 1.05 bits per heavy atom. The van der Waals surface area contributed by atoms with Gasteiger partial charge in [-0.05, 0) is 36.8 Å². The zero-order valence-corrected chi connectivity index (χ0v) is 12.7. The van der Waals surface area contributed by atoms with Crippen molar-refractivity contribution in [2.75, 3.05) is 4.90 Å². The molecule has 0 bridgehead atoms. The van der Waals surface area contributed by atoms with Crippen molar-refractivity contribution in [2.45, 2.75) is 11.8 Å². The van der Waals surface area contributed by atoms with E-state index >= 15 is 0 Å². The summed E-state index contributed by atoms with van der Waals surface area (Å²) in [6, 6.07) is 11.1. The average molecular weight is 348 g/mol. The van der Waals surface area contributed by atoms with E-state index in [9.17, 15) is 14.0 Å². The first-order valence-electron chi connectivity index (χ1n) is 6.42. The van der Waals surface area contributed by atoms with Gasteiger partial charge in [-0.25, -0.2) is 9.29 Å². The molecule has 0 N–H and O–H groups in total. The van der Waals surface area contributed by atoms with Crippen LogP contribution in [0.1, 0.15) is 38.0 Å². The number of hydrogen-bond donors (Lipinski definition) is 0. The van der Waals surface area contributed by atoms with Gasteiger partial charge in [-0.1, -0.05) is 34.1 Å². The summed E-state index contributed by atoms with van der Waals surface area (Å²) in [6.45, 7) is 1.98. The second-order valence-electron chi connectivity index (χ2n) is 4.82. The van der Waals surface area contributed by atoms with Gasteiger partial charge in [-0.2, -0.15) is 0 Å². The molecule has 5 heteroatoms. The SMILES string of the molecule is CC(Br)c1ccc(N2C(=O)c3cccc(F)c3C2=O)cc1. The summed E-state index contributed by atoms with van der Waals surface area (Å²) in [5, 5.41) is 0. The van der Waals surface area contributed by atoms with Gasteiger partial charge in [-0.3, -0.25) is 9.59 Å². The molecule has 0 aromatic heterocycles. The summed E-state index contributed by atoms with van der Waals surface area (Å²) in [5.41, 5.74) is 1.43. The Morgan fingerprint density at radius 2 is 1.71 bits per heavy atom. The highest BCUT2D eigenvalue weighted by molar-refractivity contribution is 9.09. The van der Waals surface area contributed by atoms with Crippen molar-refractivity contribution in [1.82, 2.24) is 0 Å². The number of anilines is 1. The maximum Gasteiger partial charge on any atom is 0.269 e. The molecule has 0 aliphatic carbocycles. The largest absolute Gasteiger partial charge is 0.269 e. The number of carbonyl (C=O) groups excluding carboxylic acids is 2. The predicted molar refractivity (Wildman–Crippen MR) is 81.3 cm³/mol. The molecule has 2 aromatic rings. The van der Waals surface area contributed by atoms with E-state index in [-0.39, 0.29) is 16.0 Å². The van der Waals surface area contributed by atoms with Crippen molar-refractivity contribution >= 4 is 33.4 Å². The minimum Gasteiger partial charge on any atom is -0.268 e. The highest BCUT2D eigenvalue weighted by atomic mass is 79.9. The molecular formula is C16H11BrFNO2. The molecule has 3 nitrogen and oxygen atoms in total. The molecule has 0 fully saturated rings. The Hall–Kier alpha value is -2.01. The van der Waals surface area contributed by atoms with Gasteiger partial charge in [0.25, 0.3) is 11.8 Å². The lowest BCUT2D eigenvalue weighted by molar-refractivity contribution is 0.0925. The van der Waals surface area contributed by atoms with Gasteiger partial charge < -0.3 is 0 Å². The van der Waals surface area contributed by atoms with Crippen LogP contribution >= 0.6 is 15.9 Å². The Labute approximate surface area is 129 Å². The van der Waals surface area contributed by atoms with E-state index in [1.807, 2.05) is 19.1 Å². The first-order valence-corrected chi connectivity index (χ1v) is 7.33. The van der Waals surface area contributed by atoms with Crippen LogP contribution in [-0.4, -0.2) is 11.8 Å². The van der Waals surface area contributed by atoms with Gasteiger partial charge in [0.2, 0.25) is 0 Å². The zero-order chi connectivity index (χ0) is 15.1. The smallest absolute Gasteiger partial charge is 0.268 e. The summed E-state index contributed by atoms with van der Waals surface area (Å²) < 4.78 is 13.8. The van der Waals surface area contributed by atoms with E-state index in [0.29, 0.717) is 5.69 Å². The van der Waals surface area contributed by atoms with Crippen LogP contribution in [0.15, 0.2) is 42.5 Å². The average Bonchev–Trinajstić information content (AvgIpc) is 2.72. The number of nitrogens with zero attached hydrogens (tertiary/aromatic N) is 1. The molecule has 1 aliphatic heterocycles. The maximum absolute atomic E-state index is 13.8. The Kier molecular flexibility index (Phi) is 3.37. The van der Waals surface area contributed by atoms with Gasteiger partial charge in [0.15, 0.2) is 0 Å². The number of alkyl halides is 1. The molecule has 2 amide bonds.